The Morgan fingerprint density at radius 3 is 0.889 bits per heavy atom. The first-order valence-electron chi connectivity index (χ1n) is 13.0. The third-order valence-corrected chi connectivity index (χ3v) is 4.97. The second kappa shape index (κ2) is 38.9. The van der Waals surface area contributed by atoms with Crippen LogP contribution >= 0.6 is 7.82 Å². The van der Waals surface area contributed by atoms with Crippen LogP contribution in [0.3, 0.4) is 0 Å². The van der Waals surface area contributed by atoms with Gasteiger partial charge in [0.2, 0.25) is 0 Å². The summed E-state index contributed by atoms with van der Waals surface area (Å²) in [5, 5.41) is 20.2. The molecule has 0 amide bonds. The van der Waals surface area contributed by atoms with Crippen LogP contribution in [-0.4, -0.2) is 33.4 Å². The van der Waals surface area contributed by atoms with E-state index in [2.05, 4.69) is 13.8 Å². The van der Waals surface area contributed by atoms with Crippen LogP contribution in [0, 0.1) is 0 Å². The van der Waals surface area contributed by atoms with Gasteiger partial charge in [-0.25, -0.2) is 4.57 Å². The molecule has 0 bridgehead atoms. The van der Waals surface area contributed by atoms with Crippen molar-refractivity contribution in [3.05, 3.63) is 0 Å². The minimum Gasteiger partial charge on any atom is -0.550 e. The quantitative estimate of drug-likeness (QED) is 0.106. The molecule has 212 valence electrons. The van der Waals surface area contributed by atoms with Gasteiger partial charge in [0.25, 0.3) is 0 Å². The number of hydrogen-bond donors (Lipinski definition) is 3. The van der Waals surface area contributed by atoms with Gasteiger partial charge in [0.05, 0.1) is 0 Å². The molecule has 0 aliphatic heterocycles. The van der Waals surface area contributed by atoms with Crippen molar-refractivity contribution in [2.24, 2.45) is 0 Å². The van der Waals surface area contributed by atoms with E-state index in [4.69, 9.17) is 24.0 Å². The summed E-state index contributed by atoms with van der Waals surface area (Å²) in [6.07, 6.45) is 22.3. The summed E-state index contributed by atoms with van der Waals surface area (Å²) in [7, 11) is -4.64. The molecule has 0 aromatic heterocycles. The number of rotatable bonds is 20. The van der Waals surface area contributed by atoms with Gasteiger partial charge in [0.15, 0.2) is 0 Å². The third kappa shape index (κ3) is 76.6. The number of carbonyl (C=O) groups excluding carboxylic acids is 3. The van der Waals surface area contributed by atoms with Crippen molar-refractivity contribution < 1.29 is 63.3 Å². The topological polar surface area (TPSA) is 175 Å². The molecule has 3 N–H and O–H groups in total. The SMILES string of the molecule is C=O.CCCCCCCCCCCC(=O)[O-].CCCCCCCCCCCC(=O)[O-].O=P(O)(O)O.[Zn+2]. The zero-order valence-corrected chi connectivity index (χ0v) is 26.7. The van der Waals surface area contributed by atoms with E-state index in [-0.39, 0.29) is 32.3 Å². The molecule has 11 heteroatoms. The molecule has 9 nitrogen and oxygen atoms in total. The first-order valence-corrected chi connectivity index (χ1v) is 14.6. The van der Waals surface area contributed by atoms with Gasteiger partial charge in [-0.15, -0.1) is 0 Å². The zero-order chi connectivity index (χ0) is 27.8. The molecule has 0 saturated carbocycles. The summed E-state index contributed by atoms with van der Waals surface area (Å²) in [6, 6.07) is 0. The van der Waals surface area contributed by atoms with E-state index in [9.17, 15) is 19.8 Å². The van der Waals surface area contributed by atoms with Crippen LogP contribution in [0.5, 0.6) is 0 Å². The number of hydrogen-bond acceptors (Lipinski definition) is 6. The fourth-order valence-corrected chi connectivity index (χ4v) is 3.16. The van der Waals surface area contributed by atoms with Gasteiger partial charge in [0, 0.05) is 11.9 Å². The summed E-state index contributed by atoms with van der Waals surface area (Å²) in [4.78, 5) is 49.8. The van der Waals surface area contributed by atoms with Gasteiger partial charge in [-0.05, 0) is 25.7 Å². The van der Waals surface area contributed by atoms with E-state index in [1.165, 1.54) is 89.9 Å². The molecule has 0 saturated heterocycles. The maximum Gasteiger partial charge on any atom is 2.00 e. The summed E-state index contributed by atoms with van der Waals surface area (Å²) >= 11 is 0. The van der Waals surface area contributed by atoms with Crippen molar-refractivity contribution in [2.45, 2.75) is 142 Å². The molecule has 0 aromatic carbocycles. The van der Waals surface area contributed by atoms with Gasteiger partial charge in [0.1, 0.15) is 6.79 Å². The Hall–Kier alpha value is -0.657. The minimum atomic E-state index is -4.64. The van der Waals surface area contributed by atoms with Crippen LogP contribution in [-0.2, 0) is 38.4 Å². The van der Waals surface area contributed by atoms with Crippen LogP contribution in [0.25, 0.3) is 0 Å². The van der Waals surface area contributed by atoms with Crippen molar-refractivity contribution >= 4 is 26.6 Å². The Kier molecular flexibility index (Phi) is 48.9. The van der Waals surface area contributed by atoms with Crippen LogP contribution in [0.1, 0.15) is 142 Å². The number of carbonyl (C=O) groups is 3. The van der Waals surface area contributed by atoms with Crippen LogP contribution in [0.15, 0.2) is 0 Å². The summed E-state index contributed by atoms with van der Waals surface area (Å²) < 4.78 is 8.88. The molecule has 36 heavy (non-hydrogen) atoms. The monoisotopic (exact) mass is 590 g/mol. The summed E-state index contributed by atoms with van der Waals surface area (Å²) in [6.45, 7) is 6.44. The van der Waals surface area contributed by atoms with Gasteiger partial charge < -0.3 is 39.3 Å². The molecule has 0 unspecified atom stereocenters. The van der Waals surface area contributed by atoms with Gasteiger partial charge in [-0.2, -0.15) is 0 Å². The van der Waals surface area contributed by atoms with E-state index < -0.39 is 19.8 Å². The van der Waals surface area contributed by atoms with E-state index >= 15 is 0 Å². The normalized spacial score (nSPS) is 9.81. The molecule has 0 aromatic rings. The Labute approximate surface area is 231 Å². The van der Waals surface area contributed by atoms with E-state index in [1.807, 2.05) is 6.79 Å². The van der Waals surface area contributed by atoms with E-state index in [1.54, 1.807) is 0 Å². The second-order valence-electron chi connectivity index (χ2n) is 8.41. The average Bonchev–Trinajstić information content (AvgIpc) is 2.77. The van der Waals surface area contributed by atoms with Gasteiger partial charge in [-0.1, -0.05) is 117 Å². The van der Waals surface area contributed by atoms with E-state index in [0.29, 0.717) is 0 Å². The third-order valence-electron chi connectivity index (χ3n) is 4.97. The fraction of sp³-hybridized carbons (Fsp3) is 0.880. The molecule has 0 aliphatic carbocycles. The molecule has 0 heterocycles. The molecule has 0 atom stereocenters. The zero-order valence-electron chi connectivity index (χ0n) is 22.8. The first kappa shape index (κ1) is 45.3. The molecular formula is C25H51O9PZn. The number of carboxylic acids is 2. The van der Waals surface area contributed by atoms with Crippen molar-refractivity contribution in [1.29, 1.82) is 0 Å². The maximum absolute atomic E-state index is 10.1. The Morgan fingerprint density at radius 2 is 0.722 bits per heavy atom. The smallest absolute Gasteiger partial charge is 0.550 e. The first-order chi connectivity index (χ1) is 16.5. The van der Waals surface area contributed by atoms with Crippen molar-refractivity contribution in [3.63, 3.8) is 0 Å². The van der Waals surface area contributed by atoms with Crippen LogP contribution < -0.4 is 10.2 Å². The standard InChI is InChI=1S/2C12H24O2.CH2O.H3O4P.Zn/c2*1-2-3-4-5-6-7-8-9-10-11-12(13)14;1-2;1-5(2,3)4;/h2*2-11H2,1H3,(H,13,14);1H2;(H3,1,2,3,4);/q;;;;+2/p-2. The molecular weight excluding hydrogens is 541 g/mol. The Balaban J connectivity index is -0.000000138. The van der Waals surface area contributed by atoms with E-state index in [0.717, 1.165) is 25.7 Å². The van der Waals surface area contributed by atoms with Crippen molar-refractivity contribution in [1.82, 2.24) is 0 Å². The number of phosphoric acid groups is 1. The minimum absolute atomic E-state index is 0. The predicted octanol–water partition coefficient (Wildman–Crippen LogP) is 4.20. The van der Waals surface area contributed by atoms with Crippen molar-refractivity contribution in [2.75, 3.05) is 0 Å². The number of carboxylic acid groups (broad SMARTS) is 2. The number of unbranched alkanes of at least 4 members (excludes halogenated alkanes) is 16. The van der Waals surface area contributed by atoms with Crippen molar-refractivity contribution in [3.8, 4) is 0 Å². The molecule has 0 spiro atoms. The largest absolute Gasteiger partial charge is 2.00 e. The average molecular weight is 592 g/mol. The molecule has 0 radical (unpaired) electrons. The summed E-state index contributed by atoms with van der Waals surface area (Å²) in [5.74, 6) is -1.82. The predicted molar refractivity (Wildman–Crippen MR) is 135 cm³/mol. The molecule has 0 fully saturated rings. The second-order valence-corrected chi connectivity index (χ2v) is 9.44. The molecule has 0 rings (SSSR count). The van der Waals surface area contributed by atoms with Gasteiger partial charge >= 0.3 is 27.3 Å². The maximum atomic E-state index is 10.1. The van der Waals surface area contributed by atoms with Crippen LogP contribution in [0.4, 0.5) is 0 Å². The fourth-order valence-electron chi connectivity index (χ4n) is 3.16. The Morgan fingerprint density at radius 1 is 0.556 bits per heavy atom. The van der Waals surface area contributed by atoms with Gasteiger partial charge in [-0.3, -0.25) is 0 Å². The number of aliphatic carboxylic acids is 2. The molecule has 0 aliphatic rings. The Bertz CT molecular complexity index is 448. The van der Waals surface area contributed by atoms with Crippen LogP contribution in [0.2, 0.25) is 0 Å². The summed E-state index contributed by atoms with van der Waals surface area (Å²) in [5.41, 5.74) is 0.